The molecule has 4 rings (SSSR count). The highest BCUT2D eigenvalue weighted by Gasteiger charge is 2.44. The fourth-order valence-corrected chi connectivity index (χ4v) is 6.38. The largest absolute Gasteiger partial charge is 0.341 e. The molecular formula is C15H21ClN2OS2. The summed E-state index contributed by atoms with van der Waals surface area (Å²) >= 11 is 3.62. The summed E-state index contributed by atoms with van der Waals surface area (Å²) in [5.74, 6) is 2.61. The molecule has 1 aliphatic carbocycles. The van der Waals surface area contributed by atoms with E-state index in [1.807, 2.05) is 11.8 Å². The van der Waals surface area contributed by atoms with Crippen LogP contribution < -0.4 is 5.73 Å². The van der Waals surface area contributed by atoms with Crippen LogP contribution in [0.15, 0.2) is 11.4 Å². The lowest BCUT2D eigenvalue weighted by atomic mass is 9.98. The van der Waals surface area contributed by atoms with Crippen LogP contribution in [0.25, 0.3) is 0 Å². The Morgan fingerprint density at radius 1 is 1.33 bits per heavy atom. The Labute approximate surface area is 140 Å². The number of thiophene rings is 1. The van der Waals surface area contributed by atoms with Crippen molar-refractivity contribution in [3.63, 3.8) is 0 Å². The number of fused-ring (bicyclic) bond motifs is 2. The van der Waals surface area contributed by atoms with Crippen LogP contribution in [0.1, 0.15) is 28.5 Å². The molecule has 0 bridgehead atoms. The zero-order chi connectivity index (χ0) is 13.7. The van der Waals surface area contributed by atoms with E-state index in [-0.39, 0.29) is 17.7 Å². The second kappa shape index (κ2) is 6.11. The van der Waals surface area contributed by atoms with Crippen molar-refractivity contribution in [2.75, 3.05) is 18.8 Å². The first-order valence-corrected chi connectivity index (χ1v) is 9.39. The van der Waals surface area contributed by atoms with Gasteiger partial charge in [0.2, 0.25) is 5.91 Å². The van der Waals surface area contributed by atoms with Crippen molar-refractivity contribution in [1.29, 1.82) is 0 Å². The van der Waals surface area contributed by atoms with E-state index in [1.165, 1.54) is 16.9 Å². The molecule has 4 atom stereocenters. The molecule has 1 saturated carbocycles. The molecule has 3 nitrogen and oxygen atoms in total. The van der Waals surface area contributed by atoms with Crippen molar-refractivity contribution in [1.82, 2.24) is 4.90 Å². The third kappa shape index (κ3) is 2.62. The molecule has 1 amide bonds. The second-order valence-electron chi connectivity index (χ2n) is 6.21. The Hall–Kier alpha value is -0.230. The predicted octanol–water partition coefficient (Wildman–Crippen LogP) is 2.70. The van der Waals surface area contributed by atoms with Gasteiger partial charge < -0.3 is 10.6 Å². The lowest BCUT2D eigenvalue weighted by Gasteiger charge is -2.27. The third-order valence-corrected chi connectivity index (χ3v) is 7.35. The Bertz CT molecular complexity index is 535. The molecular weight excluding hydrogens is 324 g/mol. The van der Waals surface area contributed by atoms with Crippen LogP contribution in [0.5, 0.6) is 0 Å². The maximum Gasteiger partial charge on any atom is 0.240 e. The Balaban J connectivity index is 0.00000132. The van der Waals surface area contributed by atoms with Gasteiger partial charge in [-0.3, -0.25) is 4.79 Å². The van der Waals surface area contributed by atoms with Crippen LogP contribution in [0, 0.1) is 11.8 Å². The number of thioether (sulfide) groups is 1. The Kier molecular flexibility index (Phi) is 4.55. The van der Waals surface area contributed by atoms with Crippen LogP contribution in [0.2, 0.25) is 0 Å². The molecule has 116 valence electrons. The maximum atomic E-state index is 12.9. The van der Waals surface area contributed by atoms with Gasteiger partial charge >= 0.3 is 0 Å². The molecule has 4 unspecified atom stereocenters. The van der Waals surface area contributed by atoms with E-state index in [2.05, 4.69) is 16.3 Å². The van der Waals surface area contributed by atoms with Crippen molar-refractivity contribution < 1.29 is 4.79 Å². The molecule has 1 aromatic rings. The summed E-state index contributed by atoms with van der Waals surface area (Å²) in [7, 11) is 0. The molecule has 3 heterocycles. The molecule has 0 spiro atoms. The minimum atomic E-state index is 0. The lowest BCUT2D eigenvalue weighted by molar-refractivity contribution is -0.130. The monoisotopic (exact) mass is 344 g/mol. The van der Waals surface area contributed by atoms with E-state index in [4.69, 9.17) is 5.73 Å². The topological polar surface area (TPSA) is 46.3 Å². The van der Waals surface area contributed by atoms with Crippen molar-refractivity contribution in [3.05, 3.63) is 21.9 Å². The average molecular weight is 345 g/mol. The van der Waals surface area contributed by atoms with Crippen molar-refractivity contribution in [3.8, 4) is 0 Å². The molecule has 1 saturated heterocycles. The molecule has 2 aliphatic heterocycles. The number of hydrogen-bond acceptors (Lipinski definition) is 4. The number of nitrogens with zero attached hydrogens (tertiary/aromatic N) is 1. The molecule has 1 aromatic heterocycles. The van der Waals surface area contributed by atoms with Gasteiger partial charge in [0.15, 0.2) is 0 Å². The average Bonchev–Trinajstić information content (AvgIpc) is 3.14. The number of carbonyl (C=O) groups excluding carboxylic acids is 1. The fraction of sp³-hybridized carbons (Fsp3) is 0.667. The Morgan fingerprint density at radius 2 is 2.19 bits per heavy atom. The quantitative estimate of drug-likeness (QED) is 0.852. The van der Waals surface area contributed by atoms with Gasteiger partial charge in [-0.2, -0.15) is 0 Å². The van der Waals surface area contributed by atoms with Crippen LogP contribution in [0.4, 0.5) is 0 Å². The van der Waals surface area contributed by atoms with Gasteiger partial charge in [0.25, 0.3) is 0 Å². The standard InChI is InChI=1S/C15H20N2OS2.ClH/c16-12-2-1-9-7-17(8-11(9)12)15(18)14-10-3-5-19-13(10)4-6-20-14;/h3,5,9,11-12,14H,1-2,4,6-8,16H2;1H. The summed E-state index contributed by atoms with van der Waals surface area (Å²) in [4.78, 5) is 16.4. The molecule has 6 heteroatoms. The number of rotatable bonds is 1. The van der Waals surface area contributed by atoms with Gasteiger partial charge in [0.05, 0.1) is 0 Å². The normalized spacial score (nSPS) is 34.2. The highest BCUT2D eigenvalue weighted by Crippen LogP contribution is 2.43. The summed E-state index contributed by atoms with van der Waals surface area (Å²) in [5.41, 5.74) is 7.45. The molecule has 21 heavy (non-hydrogen) atoms. The third-order valence-electron chi connectivity index (χ3n) is 5.12. The zero-order valence-corrected chi connectivity index (χ0v) is 14.3. The zero-order valence-electron chi connectivity index (χ0n) is 11.9. The number of aryl methyl sites for hydroxylation is 1. The van der Waals surface area contributed by atoms with E-state index in [1.54, 1.807) is 11.3 Å². The van der Waals surface area contributed by atoms with Gasteiger partial charge in [0.1, 0.15) is 5.25 Å². The van der Waals surface area contributed by atoms with Crippen molar-refractivity contribution in [2.45, 2.75) is 30.6 Å². The fourth-order valence-electron chi connectivity index (χ4n) is 4.00. The van der Waals surface area contributed by atoms with Gasteiger partial charge in [-0.25, -0.2) is 0 Å². The smallest absolute Gasteiger partial charge is 0.240 e. The molecule has 2 N–H and O–H groups in total. The SMILES string of the molecule is Cl.NC1CCC2CN(C(=O)C3SCCc4sccc43)CC12. The van der Waals surface area contributed by atoms with E-state index >= 15 is 0 Å². The minimum absolute atomic E-state index is 0. The maximum absolute atomic E-state index is 12.9. The summed E-state index contributed by atoms with van der Waals surface area (Å²) < 4.78 is 0. The van der Waals surface area contributed by atoms with Crippen LogP contribution >= 0.6 is 35.5 Å². The number of halogens is 1. The van der Waals surface area contributed by atoms with E-state index < -0.39 is 0 Å². The van der Waals surface area contributed by atoms with Gasteiger partial charge in [-0.1, -0.05) is 0 Å². The van der Waals surface area contributed by atoms with Gasteiger partial charge in [-0.05, 0) is 53.9 Å². The molecule has 2 fully saturated rings. The highest BCUT2D eigenvalue weighted by molar-refractivity contribution is 8.00. The van der Waals surface area contributed by atoms with Crippen molar-refractivity contribution >= 4 is 41.4 Å². The second-order valence-corrected chi connectivity index (χ2v) is 8.42. The number of hydrogen-bond donors (Lipinski definition) is 1. The first-order valence-electron chi connectivity index (χ1n) is 7.46. The summed E-state index contributed by atoms with van der Waals surface area (Å²) in [6, 6.07) is 2.46. The summed E-state index contributed by atoms with van der Waals surface area (Å²) in [6.45, 7) is 1.83. The van der Waals surface area contributed by atoms with E-state index in [0.717, 1.165) is 31.7 Å². The van der Waals surface area contributed by atoms with Crippen molar-refractivity contribution in [2.24, 2.45) is 17.6 Å². The lowest BCUT2D eigenvalue weighted by Crippen LogP contribution is -2.36. The van der Waals surface area contributed by atoms with Crippen LogP contribution in [0.3, 0.4) is 0 Å². The summed E-state index contributed by atoms with van der Waals surface area (Å²) in [5, 5.41) is 2.17. The molecule has 0 radical (unpaired) electrons. The molecule has 3 aliphatic rings. The number of amides is 1. The van der Waals surface area contributed by atoms with Crippen LogP contribution in [-0.4, -0.2) is 35.7 Å². The van der Waals surface area contributed by atoms with Gasteiger partial charge in [-0.15, -0.1) is 35.5 Å². The number of carbonyl (C=O) groups is 1. The van der Waals surface area contributed by atoms with Crippen LogP contribution in [-0.2, 0) is 11.2 Å². The first kappa shape index (κ1) is 15.7. The minimum Gasteiger partial charge on any atom is -0.341 e. The van der Waals surface area contributed by atoms with E-state index in [0.29, 0.717) is 23.8 Å². The van der Waals surface area contributed by atoms with Gasteiger partial charge in [0, 0.05) is 24.0 Å². The summed E-state index contributed by atoms with van der Waals surface area (Å²) in [6.07, 6.45) is 3.47. The molecule has 0 aromatic carbocycles. The number of nitrogens with two attached hydrogens (primary N) is 1. The van der Waals surface area contributed by atoms with E-state index in [9.17, 15) is 4.79 Å². The Morgan fingerprint density at radius 3 is 3.00 bits per heavy atom. The predicted molar refractivity (Wildman–Crippen MR) is 91.2 cm³/mol. The first-order chi connectivity index (χ1) is 9.74. The highest BCUT2D eigenvalue weighted by atomic mass is 35.5. The number of likely N-dealkylation sites (tertiary alicyclic amines) is 1.